The number of thiocarbonyl (C=S) groups is 1. The SMILES string of the molecule is CCNC(=S)NN=Cc1cc(Br)c(OCc2ccc3ccccc3c2)c(OCC)c1. The fraction of sp³-hybridized carbons (Fsp3) is 0.217. The number of ether oxygens (including phenoxy) is 2. The van der Waals surface area contributed by atoms with E-state index in [4.69, 9.17) is 21.7 Å². The van der Waals surface area contributed by atoms with Gasteiger partial charge in [0, 0.05) is 6.54 Å². The Morgan fingerprint density at radius 1 is 1.07 bits per heavy atom. The first-order chi connectivity index (χ1) is 14.6. The lowest BCUT2D eigenvalue weighted by Crippen LogP contribution is -2.31. The van der Waals surface area contributed by atoms with Gasteiger partial charge in [-0.3, -0.25) is 5.43 Å². The number of hydrazone groups is 1. The van der Waals surface area contributed by atoms with Gasteiger partial charge in [-0.1, -0.05) is 36.4 Å². The molecule has 0 spiro atoms. The third-order valence-electron chi connectivity index (χ3n) is 4.25. The molecule has 0 aromatic heterocycles. The van der Waals surface area contributed by atoms with Gasteiger partial charge < -0.3 is 14.8 Å². The molecule has 0 heterocycles. The van der Waals surface area contributed by atoms with E-state index in [-0.39, 0.29) is 0 Å². The zero-order valence-corrected chi connectivity index (χ0v) is 19.3. The van der Waals surface area contributed by atoms with E-state index in [1.165, 1.54) is 10.8 Å². The molecule has 0 radical (unpaired) electrons. The van der Waals surface area contributed by atoms with Crippen LogP contribution in [0, 0.1) is 0 Å². The van der Waals surface area contributed by atoms with Crippen molar-refractivity contribution >= 4 is 50.2 Å². The minimum atomic E-state index is 0.440. The van der Waals surface area contributed by atoms with Crippen molar-refractivity contribution in [1.29, 1.82) is 0 Å². The van der Waals surface area contributed by atoms with Crippen LogP contribution >= 0.6 is 28.1 Å². The summed E-state index contributed by atoms with van der Waals surface area (Å²) in [5, 5.41) is 10.0. The lowest BCUT2D eigenvalue weighted by atomic mass is 10.1. The van der Waals surface area contributed by atoms with Crippen molar-refractivity contribution in [3.8, 4) is 11.5 Å². The third-order valence-corrected chi connectivity index (χ3v) is 5.07. The van der Waals surface area contributed by atoms with Crippen molar-refractivity contribution in [2.24, 2.45) is 5.10 Å². The number of fused-ring (bicyclic) bond motifs is 1. The third kappa shape index (κ3) is 5.93. The molecule has 0 unspecified atom stereocenters. The van der Waals surface area contributed by atoms with E-state index in [0.717, 1.165) is 22.1 Å². The number of nitrogens with zero attached hydrogens (tertiary/aromatic N) is 1. The van der Waals surface area contributed by atoms with E-state index in [9.17, 15) is 0 Å². The molecule has 0 bridgehead atoms. The number of nitrogens with one attached hydrogen (secondary N) is 2. The number of benzene rings is 3. The highest BCUT2D eigenvalue weighted by molar-refractivity contribution is 9.10. The predicted octanol–water partition coefficient (Wildman–Crippen LogP) is 5.40. The van der Waals surface area contributed by atoms with E-state index in [1.807, 2.05) is 38.1 Å². The lowest BCUT2D eigenvalue weighted by molar-refractivity contribution is 0.267. The molecule has 0 saturated heterocycles. The van der Waals surface area contributed by atoms with E-state index < -0.39 is 0 Å². The minimum absolute atomic E-state index is 0.440. The molecule has 0 saturated carbocycles. The molecule has 30 heavy (non-hydrogen) atoms. The summed E-state index contributed by atoms with van der Waals surface area (Å²) in [6, 6.07) is 18.4. The van der Waals surface area contributed by atoms with Crippen LogP contribution in [0.25, 0.3) is 10.8 Å². The summed E-state index contributed by atoms with van der Waals surface area (Å²) in [7, 11) is 0. The highest BCUT2D eigenvalue weighted by Gasteiger charge is 2.12. The van der Waals surface area contributed by atoms with Gasteiger partial charge >= 0.3 is 0 Å². The quantitative estimate of drug-likeness (QED) is 0.254. The van der Waals surface area contributed by atoms with Crippen molar-refractivity contribution in [2.45, 2.75) is 20.5 Å². The molecular weight excluding hydrogens is 462 g/mol. The van der Waals surface area contributed by atoms with Gasteiger partial charge in [0.2, 0.25) is 0 Å². The van der Waals surface area contributed by atoms with Crippen LogP contribution in [0.3, 0.4) is 0 Å². The Bertz CT molecular complexity index is 1060. The zero-order chi connectivity index (χ0) is 21.3. The van der Waals surface area contributed by atoms with E-state index in [2.05, 4.69) is 62.1 Å². The molecule has 3 aromatic carbocycles. The van der Waals surface area contributed by atoms with Gasteiger partial charge in [-0.15, -0.1) is 0 Å². The van der Waals surface area contributed by atoms with Gasteiger partial charge in [-0.2, -0.15) is 5.10 Å². The van der Waals surface area contributed by atoms with Crippen LogP contribution < -0.4 is 20.2 Å². The van der Waals surface area contributed by atoms with Crippen LogP contribution in [0.2, 0.25) is 0 Å². The zero-order valence-electron chi connectivity index (χ0n) is 16.9. The standard InChI is InChI=1S/C23H24BrN3O2S/c1-3-25-23(30)27-26-14-17-12-20(24)22(21(13-17)28-4-2)29-15-16-9-10-18-7-5-6-8-19(18)11-16/h5-14H,3-4,15H2,1-2H3,(H2,25,27,30). The first kappa shape index (κ1) is 22.1. The lowest BCUT2D eigenvalue weighted by Gasteiger charge is -2.15. The number of hydrogen-bond acceptors (Lipinski definition) is 4. The normalized spacial score (nSPS) is 10.9. The van der Waals surface area contributed by atoms with Crippen molar-refractivity contribution in [3.63, 3.8) is 0 Å². The molecule has 0 atom stereocenters. The topological polar surface area (TPSA) is 54.9 Å². The highest BCUT2D eigenvalue weighted by Crippen LogP contribution is 2.37. The largest absolute Gasteiger partial charge is 0.490 e. The molecular formula is C23H24BrN3O2S. The Labute approximate surface area is 190 Å². The molecule has 3 aromatic rings. The Hall–Kier alpha value is -2.64. The van der Waals surface area contributed by atoms with E-state index in [0.29, 0.717) is 29.8 Å². The van der Waals surface area contributed by atoms with Gasteiger partial charge in [-0.05, 0) is 82.1 Å². The Morgan fingerprint density at radius 2 is 1.87 bits per heavy atom. The number of hydrogen-bond donors (Lipinski definition) is 2. The molecule has 7 heteroatoms. The molecule has 5 nitrogen and oxygen atoms in total. The van der Waals surface area contributed by atoms with Gasteiger partial charge in [0.1, 0.15) is 6.61 Å². The molecule has 2 N–H and O–H groups in total. The molecule has 0 aliphatic rings. The molecule has 0 aliphatic heterocycles. The maximum Gasteiger partial charge on any atom is 0.186 e. The van der Waals surface area contributed by atoms with Crippen molar-refractivity contribution in [3.05, 3.63) is 70.2 Å². The van der Waals surface area contributed by atoms with Gasteiger partial charge in [0.25, 0.3) is 0 Å². The molecule has 0 amide bonds. The Balaban J connectivity index is 1.75. The fourth-order valence-electron chi connectivity index (χ4n) is 2.92. The van der Waals surface area contributed by atoms with Crippen LogP contribution in [0.4, 0.5) is 0 Å². The summed E-state index contributed by atoms with van der Waals surface area (Å²) in [5.41, 5.74) is 4.73. The predicted molar refractivity (Wildman–Crippen MR) is 131 cm³/mol. The first-order valence-electron chi connectivity index (χ1n) is 9.74. The second-order valence-corrected chi connectivity index (χ2v) is 7.73. The number of rotatable bonds is 8. The second-order valence-electron chi connectivity index (χ2n) is 6.46. The average Bonchev–Trinajstić information content (AvgIpc) is 2.73. The van der Waals surface area contributed by atoms with Crippen LogP contribution in [0.1, 0.15) is 25.0 Å². The summed E-state index contributed by atoms with van der Waals surface area (Å²) in [4.78, 5) is 0. The molecule has 0 fully saturated rings. The van der Waals surface area contributed by atoms with Crippen molar-refractivity contribution in [1.82, 2.24) is 10.7 Å². The molecule has 156 valence electrons. The summed E-state index contributed by atoms with van der Waals surface area (Å²) in [6.45, 7) is 5.63. The van der Waals surface area contributed by atoms with Crippen LogP contribution in [0.5, 0.6) is 11.5 Å². The van der Waals surface area contributed by atoms with Gasteiger partial charge in [0.15, 0.2) is 16.6 Å². The van der Waals surface area contributed by atoms with Crippen LogP contribution in [-0.4, -0.2) is 24.5 Å². The highest BCUT2D eigenvalue weighted by atomic mass is 79.9. The summed E-state index contributed by atoms with van der Waals surface area (Å²) in [6.07, 6.45) is 1.68. The maximum atomic E-state index is 6.12. The van der Waals surface area contributed by atoms with Gasteiger partial charge in [-0.25, -0.2) is 0 Å². The second kappa shape index (κ2) is 10.9. The summed E-state index contributed by atoms with van der Waals surface area (Å²) >= 11 is 8.70. The average molecular weight is 486 g/mol. The molecule has 3 rings (SSSR count). The monoisotopic (exact) mass is 485 g/mol. The van der Waals surface area contributed by atoms with E-state index >= 15 is 0 Å². The summed E-state index contributed by atoms with van der Waals surface area (Å²) < 4.78 is 12.7. The fourth-order valence-corrected chi connectivity index (χ4v) is 3.69. The number of halogens is 1. The van der Waals surface area contributed by atoms with Crippen LogP contribution in [-0.2, 0) is 6.61 Å². The minimum Gasteiger partial charge on any atom is -0.490 e. The van der Waals surface area contributed by atoms with E-state index in [1.54, 1.807) is 6.21 Å². The Kier molecular flexibility index (Phi) is 8.04. The molecule has 0 aliphatic carbocycles. The summed E-state index contributed by atoms with van der Waals surface area (Å²) in [5.74, 6) is 1.32. The van der Waals surface area contributed by atoms with Gasteiger partial charge in [0.05, 0.1) is 17.3 Å². The van der Waals surface area contributed by atoms with Crippen molar-refractivity contribution < 1.29 is 9.47 Å². The van der Waals surface area contributed by atoms with Crippen molar-refractivity contribution in [2.75, 3.05) is 13.2 Å². The maximum absolute atomic E-state index is 6.12. The Morgan fingerprint density at radius 3 is 2.63 bits per heavy atom. The smallest absolute Gasteiger partial charge is 0.186 e. The first-order valence-corrected chi connectivity index (χ1v) is 10.9. The van der Waals surface area contributed by atoms with Crippen LogP contribution in [0.15, 0.2) is 64.2 Å².